The van der Waals surface area contributed by atoms with Crippen LogP contribution in [-0.4, -0.2) is 15.0 Å². The van der Waals surface area contributed by atoms with Gasteiger partial charge in [0, 0.05) is 22.1 Å². The zero-order valence-corrected chi connectivity index (χ0v) is 33.4. The van der Waals surface area contributed by atoms with Gasteiger partial charge in [0.05, 0.1) is 0 Å². The highest BCUT2D eigenvalue weighted by atomic mass is 15.0. The van der Waals surface area contributed by atoms with Gasteiger partial charge in [-0.05, 0) is 97.8 Å². The smallest absolute Gasteiger partial charge is 0.164 e. The molecule has 1 heterocycles. The molecule has 286 valence electrons. The van der Waals surface area contributed by atoms with Gasteiger partial charge in [-0.1, -0.05) is 201 Å². The molecule has 0 radical (unpaired) electrons. The first kappa shape index (κ1) is 35.9. The Hall–Kier alpha value is -7.23. The van der Waals surface area contributed by atoms with Crippen molar-refractivity contribution in [3.8, 4) is 89.8 Å². The number of hydrogen-bond donors (Lipinski definition) is 0. The van der Waals surface area contributed by atoms with Crippen molar-refractivity contribution in [2.45, 2.75) is 37.5 Å². The van der Waals surface area contributed by atoms with Crippen LogP contribution in [0.4, 0.5) is 0 Å². The molecule has 0 N–H and O–H groups in total. The van der Waals surface area contributed by atoms with E-state index in [2.05, 4.69) is 164 Å². The molecule has 8 aromatic carbocycles. The highest BCUT2D eigenvalue weighted by molar-refractivity contribution is 5.85. The lowest BCUT2D eigenvalue weighted by molar-refractivity contribution is 0.353. The van der Waals surface area contributed by atoms with Crippen molar-refractivity contribution in [3.05, 3.63) is 211 Å². The lowest BCUT2D eigenvalue weighted by Gasteiger charge is -2.36. The van der Waals surface area contributed by atoms with Gasteiger partial charge in [0.25, 0.3) is 0 Å². The summed E-state index contributed by atoms with van der Waals surface area (Å²) in [6, 6.07) is 71.9. The van der Waals surface area contributed by atoms with Gasteiger partial charge in [0.2, 0.25) is 0 Å². The Kier molecular flexibility index (Phi) is 9.08. The molecule has 0 aliphatic heterocycles. The first-order valence-corrected chi connectivity index (χ1v) is 21.2. The molecule has 2 aliphatic carbocycles. The van der Waals surface area contributed by atoms with Crippen LogP contribution in [0.25, 0.3) is 89.8 Å². The first-order valence-electron chi connectivity index (χ1n) is 21.2. The molecule has 1 saturated carbocycles. The second kappa shape index (κ2) is 15.2. The summed E-state index contributed by atoms with van der Waals surface area (Å²) in [6.07, 6.45) is 6.48. The fourth-order valence-corrected chi connectivity index (χ4v) is 9.70. The van der Waals surface area contributed by atoms with E-state index in [4.69, 9.17) is 15.0 Å². The average Bonchev–Trinajstić information content (AvgIpc) is 3.60. The molecule has 60 heavy (non-hydrogen) atoms. The summed E-state index contributed by atoms with van der Waals surface area (Å²) in [5.41, 5.74) is 18.4. The molecule has 11 rings (SSSR count). The van der Waals surface area contributed by atoms with Gasteiger partial charge in [0.15, 0.2) is 17.5 Å². The van der Waals surface area contributed by atoms with Crippen molar-refractivity contribution in [2.75, 3.05) is 0 Å². The average molecular weight is 770 g/mol. The van der Waals surface area contributed by atoms with E-state index in [1.165, 1.54) is 82.2 Å². The monoisotopic (exact) mass is 769 g/mol. The third-order valence-electron chi connectivity index (χ3n) is 12.8. The maximum atomic E-state index is 5.07. The minimum Gasteiger partial charge on any atom is -0.208 e. The predicted octanol–water partition coefficient (Wildman–Crippen LogP) is 14.8. The molecule has 3 heteroatoms. The Labute approximate surface area is 352 Å². The summed E-state index contributed by atoms with van der Waals surface area (Å²) in [5.74, 6) is 1.94. The second-order valence-corrected chi connectivity index (χ2v) is 16.3. The van der Waals surface area contributed by atoms with Crippen LogP contribution >= 0.6 is 0 Å². The number of nitrogens with zero attached hydrogens (tertiary/aromatic N) is 3. The van der Waals surface area contributed by atoms with Crippen LogP contribution in [0.15, 0.2) is 200 Å². The molecule has 0 atom stereocenters. The van der Waals surface area contributed by atoms with E-state index in [0.717, 1.165) is 33.4 Å². The number of aromatic nitrogens is 3. The molecular formula is C57H43N3. The van der Waals surface area contributed by atoms with Gasteiger partial charge < -0.3 is 0 Å². The lowest BCUT2D eigenvalue weighted by Crippen LogP contribution is -2.27. The Balaban J connectivity index is 0.892. The molecule has 1 spiro atoms. The number of rotatable bonds is 7. The maximum absolute atomic E-state index is 5.07. The van der Waals surface area contributed by atoms with Crippen molar-refractivity contribution in [1.29, 1.82) is 0 Å². The maximum Gasteiger partial charge on any atom is 0.164 e. The van der Waals surface area contributed by atoms with Crippen LogP contribution in [0.5, 0.6) is 0 Å². The Morgan fingerprint density at radius 3 is 1.28 bits per heavy atom. The zero-order chi connectivity index (χ0) is 39.9. The summed E-state index contributed by atoms with van der Waals surface area (Å²) < 4.78 is 0. The first-order chi connectivity index (χ1) is 29.7. The SMILES string of the molecule is c1ccc(-c2ccc(-c3nc(-c4ccccc4)nc(-c4cccc(-c5cccc(-c6ccc(-c7ccc8c(c7)-c7ccccc7C87CCCCC7)cc6)c5)c4)n3)cc2)cc1. The third kappa shape index (κ3) is 6.53. The van der Waals surface area contributed by atoms with Crippen molar-refractivity contribution >= 4 is 0 Å². The molecular weight excluding hydrogens is 727 g/mol. The fourth-order valence-electron chi connectivity index (χ4n) is 9.70. The zero-order valence-electron chi connectivity index (χ0n) is 33.4. The second-order valence-electron chi connectivity index (χ2n) is 16.3. The Morgan fingerprint density at radius 2 is 0.650 bits per heavy atom. The van der Waals surface area contributed by atoms with Gasteiger partial charge in [-0.3, -0.25) is 0 Å². The molecule has 9 aromatic rings. The summed E-state index contributed by atoms with van der Waals surface area (Å²) in [4.78, 5) is 15.1. The highest BCUT2D eigenvalue weighted by Crippen LogP contribution is 2.56. The van der Waals surface area contributed by atoms with Crippen molar-refractivity contribution < 1.29 is 0 Å². The molecule has 3 nitrogen and oxygen atoms in total. The fraction of sp³-hybridized carbons (Fsp3) is 0.105. The van der Waals surface area contributed by atoms with E-state index < -0.39 is 0 Å². The topological polar surface area (TPSA) is 38.7 Å². The van der Waals surface area contributed by atoms with Gasteiger partial charge in [-0.25, -0.2) is 15.0 Å². The molecule has 0 bridgehead atoms. The third-order valence-corrected chi connectivity index (χ3v) is 12.8. The minimum absolute atomic E-state index is 0.187. The van der Waals surface area contributed by atoms with E-state index in [1.54, 1.807) is 0 Å². The van der Waals surface area contributed by atoms with Gasteiger partial charge >= 0.3 is 0 Å². The quantitative estimate of drug-likeness (QED) is 0.162. The summed E-state index contributed by atoms with van der Waals surface area (Å²) in [6.45, 7) is 0. The van der Waals surface area contributed by atoms with E-state index in [1.807, 2.05) is 36.4 Å². The van der Waals surface area contributed by atoms with Crippen LogP contribution in [0.3, 0.4) is 0 Å². The normalized spacial score (nSPS) is 13.8. The highest BCUT2D eigenvalue weighted by Gasteiger charge is 2.43. The van der Waals surface area contributed by atoms with Crippen LogP contribution in [0.1, 0.15) is 43.2 Å². The molecule has 1 fully saturated rings. The molecule has 1 aromatic heterocycles. The van der Waals surface area contributed by atoms with Crippen molar-refractivity contribution in [3.63, 3.8) is 0 Å². The molecule has 2 aliphatic rings. The van der Waals surface area contributed by atoms with E-state index >= 15 is 0 Å². The summed E-state index contributed by atoms with van der Waals surface area (Å²) in [7, 11) is 0. The van der Waals surface area contributed by atoms with Crippen LogP contribution in [0, 0.1) is 0 Å². The lowest BCUT2D eigenvalue weighted by atomic mass is 9.68. The van der Waals surface area contributed by atoms with Crippen LogP contribution < -0.4 is 0 Å². The van der Waals surface area contributed by atoms with Crippen molar-refractivity contribution in [2.24, 2.45) is 0 Å². The van der Waals surface area contributed by atoms with Crippen LogP contribution in [-0.2, 0) is 5.41 Å². The number of fused-ring (bicyclic) bond motifs is 5. The van der Waals surface area contributed by atoms with Gasteiger partial charge in [-0.2, -0.15) is 0 Å². The van der Waals surface area contributed by atoms with Crippen molar-refractivity contribution in [1.82, 2.24) is 15.0 Å². The summed E-state index contributed by atoms with van der Waals surface area (Å²) in [5, 5.41) is 0. The van der Waals surface area contributed by atoms with E-state index in [9.17, 15) is 0 Å². The number of benzene rings is 8. The van der Waals surface area contributed by atoms with Gasteiger partial charge in [0.1, 0.15) is 0 Å². The molecule has 0 unspecified atom stereocenters. The molecule has 0 saturated heterocycles. The predicted molar refractivity (Wildman–Crippen MR) is 247 cm³/mol. The van der Waals surface area contributed by atoms with Crippen LogP contribution in [0.2, 0.25) is 0 Å². The number of hydrogen-bond acceptors (Lipinski definition) is 3. The minimum atomic E-state index is 0.187. The Bertz CT molecular complexity index is 2980. The van der Waals surface area contributed by atoms with E-state index in [0.29, 0.717) is 17.5 Å². The Morgan fingerprint density at radius 1 is 0.267 bits per heavy atom. The largest absolute Gasteiger partial charge is 0.208 e. The summed E-state index contributed by atoms with van der Waals surface area (Å²) >= 11 is 0. The van der Waals surface area contributed by atoms with E-state index in [-0.39, 0.29) is 5.41 Å². The molecule has 0 amide bonds. The van der Waals surface area contributed by atoms with Gasteiger partial charge in [-0.15, -0.1) is 0 Å². The standard InChI is InChI=1S/C57H43N3/c1-4-14-39(15-5-1)40-28-30-44(31-29-40)55-58-54(43-16-6-2-7-17-43)59-56(60-55)49-21-13-20-47(37-49)46-19-12-18-45(36-46)41-24-26-42(27-25-41)48-32-33-53-51(38-48)50-22-8-9-23-52(50)57(53)34-10-3-11-35-57/h1-2,4-9,12-33,36-38H,3,10-11,34-35H2.